The summed E-state index contributed by atoms with van der Waals surface area (Å²) in [4.78, 5) is 14.2. The van der Waals surface area contributed by atoms with Gasteiger partial charge in [0.2, 0.25) is 5.91 Å². The minimum absolute atomic E-state index is 0.0519. The molecule has 0 aliphatic carbocycles. The van der Waals surface area contributed by atoms with Gasteiger partial charge in [0.25, 0.3) is 0 Å². The first-order chi connectivity index (χ1) is 8.99. The molecule has 1 saturated heterocycles. The summed E-state index contributed by atoms with van der Waals surface area (Å²) in [5, 5.41) is 10.0. The second kappa shape index (κ2) is 5.72. The molecule has 0 aromatic heterocycles. The maximum absolute atomic E-state index is 12.4. The van der Waals surface area contributed by atoms with Gasteiger partial charge in [-0.05, 0) is 31.7 Å². The van der Waals surface area contributed by atoms with Gasteiger partial charge in [-0.1, -0.05) is 30.3 Å². The molecule has 0 spiro atoms. The van der Waals surface area contributed by atoms with Gasteiger partial charge in [-0.25, -0.2) is 0 Å². The Labute approximate surface area is 114 Å². The molecule has 1 aromatic rings. The third-order valence-corrected chi connectivity index (χ3v) is 3.80. The monoisotopic (exact) mass is 262 g/mol. The molecule has 1 aromatic carbocycles. The molecule has 4 heteroatoms. The first-order valence-electron chi connectivity index (χ1n) is 6.81. The van der Waals surface area contributed by atoms with E-state index in [1.165, 1.54) is 0 Å². The van der Waals surface area contributed by atoms with E-state index in [1.54, 1.807) is 4.90 Å². The number of benzene rings is 1. The maximum atomic E-state index is 12.4. The van der Waals surface area contributed by atoms with Crippen LogP contribution in [0.5, 0.6) is 0 Å². The van der Waals surface area contributed by atoms with Gasteiger partial charge in [0, 0.05) is 13.1 Å². The normalized spacial score (nSPS) is 25.7. The van der Waals surface area contributed by atoms with Crippen molar-refractivity contribution in [2.24, 2.45) is 5.73 Å². The Morgan fingerprint density at radius 2 is 2.00 bits per heavy atom. The second-order valence-electron chi connectivity index (χ2n) is 5.56. The van der Waals surface area contributed by atoms with Gasteiger partial charge in [0.1, 0.15) is 6.04 Å². The fourth-order valence-corrected chi connectivity index (χ4v) is 2.48. The van der Waals surface area contributed by atoms with Crippen molar-refractivity contribution in [2.45, 2.75) is 37.8 Å². The van der Waals surface area contributed by atoms with Crippen LogP contribution in [0, 0.1) is 0 Å². The average molecular weight is 262 g/mol. The molecule has 2 unspecified atom stereocenters. The van der Waals surface area contributed by atoms with Crippen LogP contribution in [0.4, 0.5) is 0 Å². The number of likely N-dealkylation sites (tertiary alicyclic amines) is 1. The lowest BCUT2D eigenvalue weighted by Crippen LogP contribution is -2.39. The Balaban J connectivity index is 2.03. The molecule has 4 nitrogen and oxygen atoms in total. The van der Waals surface area contributed by atoms with Crippen molar-refractivity contribution in [1.29, 1.82) is 0 Å². The van der Waals surface area contributed by atoms with Crippen LogP contribution in [0.25, 0.3) is 0 Å². The van der Waals surface area contributed by atoms with E-state index in [0.717, 1.165) is 18.4 Å². The fourth-order valence-electron chi connectivity index (χ4n) is 2.48. The zero-order valence-electron chi connectivity index (χ0n) is 11.4. The molecule has 104 valence electrons. The van der Waals surface area contributed by atoms with E-state index in [0.29, 0.717) is 19.5 Å². The summed E-state index contributed by atoms with van der Waals surface area (Å²) in [5.41, 5.74) is 6.21. The summed E-state index contributed by atoms with van der Waals surface area (Å²) < 4.78 is 0. The van der Waals surface area contributed by atoms with Gasteiger partial charge < -0.3 is 15.7 Å². The van der Waals surface area contributed by atoms with E-state index in [-0.39, 0.29) is 5.91 Å². The van der Waals surface area contributed by atoms with Crippen LogP contribution in [-0.4, -0.2) is 34.6 Å². The molecule has 1 heterocycles. The first kappa shape index (κ1) is 14.0. The molecule has 3 N–H and O–H groups in total. The quantitative estimate of drug-likeness (QED) is 0.847. The molecule has 0 bridgehead atoms. The number of rotatable bonds is 2. The average Bonchev–Trinajstić information content (AvgIpc) is 2.59. The van der Waals surface area contributed by atoms with Crippen LogP contribution in [0.2, 0.25) is 0 Å². The van der Waals surface area contributed by atoms with E-state index in [9.17, 15) is 9.90 Å². The summed E-state index contributed by atoms with van der Waals surface area (Å²) in [5.74, 6) is -0.0519. The summed E-state index contributed by atoms with van der Waals surface area (Å²) in [6.07, 6.45) is 2.16. The van der Waals surface area contributed by atoms with Gasteiger partial charge in [-0.3, -0.25) is 4.79 Å². The zero-order valence-corrected chi connectivity index (χ0v) is 11.4. The third-order valence-electron chi connectivity index (χ3n) is 3.80. The zero-order chi connectivity index (χ0) is 13.9. The standard InChI is InChI=1S/C15H22N2O2/c1-15(19)8-5-10-17(11-9-15)14(18)13(16)12-6-3-2-4-7-12/h2-4,6-7,13,19H,5,8-11,16H2,1H3. The van der Waals surface area contributed by atoms with Gasteiger partial charge in [0.15, 0.2) is 0 Å². The molecule has 1 aliphatic heterocycles. The number of hydrogen-bond donors (Lipinski definition) is 2. The highest BCUT2D eigenvalue weighted by molar-refractivity contribution is 5.83. The number of nitrogens with zero attached hydrogens (tertiary/aromatic N) is 1. The Kier molecular flexibility index (Phi) is 4.22. The topological polar surface area (TPSA) is 66.6 Å². The predicted octanol–water partition coefficient (Wildman–Crippen LogP) is 1.45. The van der Waals surface area contributed by atoms with Gasteiger partial charge in [-0.15, -0.1) is 0 Å². The number of carbonyl (C=O) groups is 1. The lowest BCUT2D eigenvalue weighted by molar-refractivity contribution is -0.132. The smallest absolute Gasteiger partial charge is 0.244 e. The fraction of sp³-hybridized carbons (Fsp3) is 0.533. The Morgan fingerprint density at radius 3 is 2.68 bits per heavy atom. The maximum Gasteiger partial charge on any atom is 0.244 e. The Bertz CT molecular complexity index is 431. The van der Waals surface area contributed by atoms with E-state index < -0.39 is 11.6 Å². The lowest BCUT2D eigenvalue weighted by atomic mass is 9.98. The third kappa shape index (κ3) is 3.55. The van der Waals surface area contributed by atoms with Crippen molar-refractivity contribution in [3.8, 4) is 0 Å². The Hall–Kier alpha value is -1.39. The molecule has 2 rings (SSSR count). The molecule has 0 saturated carbocycles. The van der Waals surface area contributed by atoms with E-state index >= 15 is 0 Å². The van der Waals surface area contributed by atoms with Crippen LogP contribution >= 0.6 is 0 Å². The van der Waals surface area contributed by atoms with Crippen LogP contribution in [0.1, 0.15) is 37.8 Å². The number of nitrogens with two attached hydrogens (primary N) is 1. The molecule has 1 fully saturated rings. The largest absolute Gasteiger partial charge is 0.390 e. The minimum Gasteiger partial charge on any atom is -0.390 e. The Morgan fingerprint density at radius 1 is 1.32 bits per heavy atom. The second-order valence-corrected chi connectivity index (χ2v) is 5.56. The van der Waals surface area contributed by atoms with Crippen molar-refractivity contribution in [3.63, 3.8) is 0 Å². The highest BCUT2D eigenvalue weighted by Gasteiger charge is 2.29. The predicted molar refractivity (Wildman–Crippen MR) is 74.4 cm³/mol. The minimum atomic E-state index is -0.661. The van der Waals surface area contributed by atoms with Gasteiger partial charge in [0.05, 0.1) is 5.60 Å². The van der Waals surface area contributed by atoms with Crippen LogP contribution in [0.3, 0.4) is 0 Å². The summed E-state index contributed by atoms with van der Waals surface area (Å²) in [6.45, 7) is 3.08. The lowest BCUT2D eigenvalue weighted by Gasteiger charge is -2.25. The van der Waals surface area contributed by atoms with Crippen molar-refractivity contribution in [3.05, 3.63) is 35.9 Å². The summed E-state index contributed by atoms with van der Waals surface area (Å²) in [6, 6.07) is 8.81. The van der Waals surface area contributed by atoms with E-state index in [1.807, 2.05) is 37.3 Å². The van der Waals surface area contributed by atoms with E-state index in [2.05, 4.69) is 0 Å². The summed E-state index contributed by atoms with van der Waals surface area (Å²) in [7, 11) is 0. The van der Waals surface area contributed by atoms with Crippen LogP contribution in [0.15, 0.2) is 30.3 Å². The van der Waals surface area contributed by atoms with Crippen molar-refractivity contribution >= 4 is 5.91 Å². The number of aliphatic hydroxyl groups is 1. The van der Waals surface area contributed by atoms with Gasteiger partial charge >= 0.3 is 0 Å². The molecule has 1 amide bonds. The molecule has 19 heavy (non-hydrogen) atoms. The first-order valence-corrected chi connectivity index (χ1v) is 6.81. The van der Waals surface area contributed by atoms with Crippen molar-refractivity contribution in [1.82, 2.24) is 4.90 Å². The van der Waals surface area contributed by atoms with Crippen molar-refractivity contribution in [2.75, 3.05) is 13.1 Å². The van der Waals surface area contributed by atoms with Crippen molar-refractivity contribution < 1.29 is 9.90 Å². The molecule has 0 radical (unpaired) electrons. The SMILES string of the molecule is CC1(O)CCCN(C(=O)C(N)c2ccccc2)CC1. The molecular weight excluding hydrogens is 240 g/mol. The van der Waals surface area contributed by atoms with Crippen LogP contribution < -0.4 is 5.73 Å². The number of amides is 1. The number of carbonyl (C=O) groups excluding carboxylic acids is 1. The molecular formula is C15H22N2O2. The van der Waals surface area contributed by atoms with Gasteiger partial charge in [-0.2, -0.15) is 0 Å². The molecule has 1 aliphatic rings. The highest BCUT2D eigenvalue weighted by Crippen LogP contribution is 2.23. The summed E-state index contributed by atoms with van der Waals surface area (Å²) >= 11 is 0. The van der Waals surface area contributed by atoms with Crippen LogP contribution in [-0.2, 0) is 4.79 Å². The number of hydrogen-bond acceptors (Lipinski definition) is 3. The van der Waals surface area contributed by atoms with E-state index in [4.69, 9.17) is 5.73 Å². The molecule has 2 atom stereocenters. The highest BCUT2D eigenvalue weighted by atomic mass is 16.3.